The number of benzene rings is 2. The summed E-state index contributed by atoms with van der Waals surface area (Å²) in [5.74, 6) is -0.137. The molecular weight excluding hydrogens is 428 g/mol. The fraction of sp³-hybridized carbons (Fsp3) is 0.208. The smallest absolute Gasteiger partial charge is 0.338 e. The predicted octanol–water partition coefficient (Wildman–Crippen LogP) is 2.51. The molecule has 2 heterocycles. The van der Waals surface area contributed by atoms with Crippen LogP contribution in [0.2, 0.25) is 0 Å². The van der Waals surface area contributed by atoms with E-state index in [0.29, 0.717) is 38.5 Å². The molecule has 1 atom stereocenters. The van der Waals surface area contributed by atoms with Crippen LogP contribution in [0.5, 0.6) is 11.5 Å². The molecule has 0 aliphatic carbocycles. The number of carbonyl (C=O) groups is 1. The Kier molecular flexibility index (Phi) is 5.96. The van der Waals surface area contributed by atoms with Gasteiger partial charge < -0.3 is 14.6 Å². The maximum absolute atomic E-state index is 13.5. The minimum absolute atomic E-state index is 0.0351. The largest absolute Gasteiger partial charge is 0.504 e. The molecular formula is C24H22N2O5S. The van der Waals surface area contributed by atoms with E-state index in [2.05, 4.69) is 4.99 Å². The molecule has 164 valence electrons. The van der Waals surface area contributed by atoms with Crippen molar-refractivity contribution in [2.24, 2.45) is 4.99 Å². The number of ether oxygens (including phenoxy) is 2. The second-order valence-electron chi connectivity index (χ2n) is 7.14. The highest BCUT2D eigenvalue weighted by Crippen LogP contribution is 2.30. The van der Waals surface area contributed by atoms with Gasteiger partial charge in [-0.15, -0.1) is 0 Å². The quantitative estimate of drug-likeness (QED) is 0.604. The second-order valence-corrected chi connectivity index (χ2v) is 8.15. The first-order chi connectivity index (χ1) is 15.4. The number of rotatable bonds is 5. The van der Waals surface area contributed by atoms with Gasteiger partial charge in [0.15, 0.2) is 16.3 Å². The molecule has 0 saturated carbocycles. The third kappa shape index (κ3) is 3.85. The molecule has 2 aromatic carbocycles. The third-order valence-corrected chi connectivity index (χ3v) is 6.11. The van der Waals surface area contributed by atoms with E-state index < -0.39 is 12.0 Å². The van der Waals surface area contributed by atoms with Crippen LogP contribution in [0, 0.1) is 0 Å². The van der Waals surface area contributed by atoms with Crippen molar-refractivity contribution in [1.82, 2.24) is 4.57 Å². The lowest BCUT2D eigenvalue weighted by molar-refractivity contribution is -0.136. The van der Waals surface area contributed by atoms with E-state index in [4.69, 9.17) is 9.47 Å². The summed E-state index contributed by atoms with van der Waals surface area (Å²) in [6, 6.07) is 13.6. The van der Waals surface area contributed by atoms with Gasteiger partial charge in [-0.3, -0.25) is 9.36 Å². The van der Waals surface area contributed by atoms with E-state index in [1.54, 1.807) is 25.1 Å². The van der Waals surface area contributed by atoms with Crippen molar-refractivity contribution < 1.29 is 19.4 Å². The van der Waals surface area contributed by atoms with E-state index in [9.17, 15) is 14.7 Å². The van der Waals surface area contributed by atoms with E-state index in [1.165, 1.54) is 29.1 Å². The van der Waals surface area contributed by atoms with Crippen molar-refractivity contribution in [2.45, 2.75) is 19.9 Å². The molecule has 7 nitrogen and oxygen atoms in total. The summed E-state index contributed by atoms with van der Waals surface area (Å²) in [6.07, 6.45) is 1.73. The van der Waals surface area contributed by atoms with Gasteiger partial charge in [0, 0.05) is 0 Å². The first-order valence-electron chi connectivity index (χ1n) is 10.1. The Hall–Kier alpha value is -3.65. The minimum atomic E-state index is -0.638. The fourth-order valence-corrected chi connectivity index (χ4v) is 4.73. The number of allylic oxidation sites excluding steroid dienone is 1. The summed E-state index contributed by atoms with van der Waals surface area (Å²) in [4.78, 5) is 31.1. The molecule has 1 N–H and O–H groups in total. The first kappa shape index (κ1) is 21.6. The summed E-state index contributed by atoms with van der Waals surface area (Å²) in [7, 11) is 1.32. The molecule has 3 aromatic rings. The predicted molar refractivity (Wildman–Crippen MR) is 121 cm³/mol. The van der Waals surface area contributed by atoms with Gasteiger partial charge in [0.2, 0.25) is 0 Å². The Labute approximate surface area is 188 Å². The van der Waals surface area contributed by atoms with Crippen LogP contribution < -0.4 is 19.6 Å². The zero-order valence-electron chi connectivity index (χ0n) is 17.9. The van der Waals surface area contributed by atoms with Gasteiger partial charge in [-0.1, -0.05) is 47.7 Å². The summed E-state index contributed by atoms with van der Waals surface area (Å²) < 4.78 is 12.4. The summed E-state index contributed by atoms with van der Waals surface area (Å²) in [6.45, 7) is 3.98. The van der Waals surface area contributed by atoms with Crippen LogP contribution in [0.3, 0.4) is 0 Å². The number of aromatic nitrogens is 1. The van der Waals surface area contributed by atoms with Crippen LogP contribution in [-0.4, -0.2) is 29.4 Å². The van der Waals surface area contributed by atoms with E-state index in [0.717, 1.165) is 5.56 Å². The Morgan fingerprint density at radius 2 is 2.00 bits per heavy atom. The number of aromatic hydroxyl groups is 1. The summed E-state index contributed by atoms with van der Waals surface area (Å²) in [5.41, 5.74) is 2.08. The second kappa shape index (κ2) is 8.84. The van der Waals surface area contributed by atoms with Gasteiger partial charge in [-0.25, -0.2) is 9.79 Å². The van der Waals surface area contributed by atoms with Gasteiger partial charge in [-0.05, 0) is 43.2 Å². The molecule has 0 saturated heterocycles. The Bertz CT molecular complexity index is 1390. The summed E-state index contributed by atoms with van der Waals surface area (Å²) >= 11 is 1.24. The van der Waals surface area contributed by atoms with Gasteiger partial charge in [0.25, 0.3) is 5.56 Å². The van der Waals surface area contributed by atoms with E-state index in [1.807, 2.05) is 37.3 Å². The number of thiazole rings is 1. The molecule has 8 heteroatoms. The molecule has 0 amide bonds. The van der Waals surface area contributed by atoms with Crippen molar-refractivity contribution in [1.29, 1.82) is 0 Å². The monoisotopic (exact) mass is 450 g/mol. The molecule has 4 rings (SSSR count). The van der Waals surface area contributed by atoms with Crippen LogP contribution in [-0.2, 0) is 9.53 Å². The lowest BCUT2D eigenvalue weighted by Gasteiger charge is -2.24. The zero-order chi connectivity index (χ0) is 22.8. The first-order valence-corrected chi connectivity index (χ1v) is 10.9. The molecule has 0 bridgehead atoms. The van der Waals surface area contributed by atoms with Crippen LogP contribution in [0.15, 0.2) is 69.6 Å². The third-order valence-electron chi connectivity index (χ3n) is 5.12. The maximum Gasteiger partial charge on any atom is 0.338 e. The lowest BCUT2D eigenvalue weighted by Crippen LogP contribution is -2.39. The Morgan fingerprint density at radius 1 is 1.25 bits per heavy atom. The van der Waals surface area contributed by atoms with Crippen LogP contribution in [0.4, 0.5) is 0 Å². The van der Waals surface area contributed by atoms with Gasteiger partial charge in [0.05, 0.1) is 35.6 Å². The number of esters is 1. The SMILES string of the molecule is CCOc1cc(/C=c2\sc3n(c2=O)[C@H](c2ccccc2)C(C(=O)OC)=C(C)N=3)ccc1O. The number of carbonyl (C=O) groups excluding carboxylic acids is 1. The highest BCUT2D eigenvalue weighted by Gasteiger charge is 2.32. The van der Waals surface area contributed by atoms with Crippen LogP contribution in [0.1, 0.15) is 31.0 Å². The standard InChI is InChI=1S/C24H22N2O5S/c1-4-31-18-12-15(10-11-17(18)27)13-19-22(28)26-21(16-8-6-5-7-9-16)20(23(29)30-3)14(2)25-24(26)32-19/h5-13,21,27H,4H2,1-3H3/b19-13-/t21-/m1/s1. The molecule has 32 heavy (non-hydrogen) atoms. The zero-order valence-corrected chi connectivity index (χ0v) is 18.7. The van der Waals surface area contributed by atoms with E-state index in [-0.39, 0.29) is 11.3 Å². The van der Waals surface area contributed by atoms with Crippen LogP contribution >= 0.6 is 11.3 Å². The number of nitrogens with zero attached hydrogens (tertiary/aromatic N) is 2. The molecule has 1 aromatic heterocycles. The van der Waals surface area contributed by atoms with Crippen molar-refractivity contribution >= 4 is 23.4 Å². The van der Waals surface area contributed by atoms with Crippen LogP contribution in [0.25, 0.3) is 6.08 Å². The molecule has 0 fully saturated rings. The van der Waals surface area contributed by atoms with E-state index >= 15 is 0 Å². The molecule has 0 unspecified atom stereocenters. The highest BCUT2D eigenvalue weighted by molar-refractivity contribution is 7.07. The normalized spacial score (nSPS) is 15.8. The average Bonchev–Trinajstić information content (AvgIpc) is 3.09. The van der Waals surface area contributed by atoms with Crippen molar-refractivity contribution in [3.63, 3.8) is 0 Å². The number of hydrogen-bond donors (Lipinski definition) is 1. The molecule has 0 radical (unpaired) electrons. The van der Waals surface area contributed by atoms with Crippen molar-refractivity contribution in [3.8, 4) is 11.5 Å². The maximum atomic E-state index is 13.5. The number of phenolic OH excluding ortho intramolecular Hbond substituents is 1. The number of phenols is 1. The topological polar surface area (TPSA) is 90.1 Å². The number of methoxy groups -OCH3 is 1. The molecule has 1 aliphatic rings. The minimum Gasteiger partial charge on any atom is -0.504 e. The Balaban J connectivity index is 1.92. The Morgan fingerprint density at radius 3 is 2.69 bits per heavy atom. The summed E-state index contributed by atoms with van der Waals surface area (Å²) in [5, 5.41) is 9.95. The highest BCUT2D eigenvalue weighted by atomic mass is 32.1. The number of hydrogen-bond acceptors (Lipinski definition) is 7. The number of fused-ring (bicyclic) bond motifs is 1. The molecule has 1 aliphatic heterocycles. The van der Waals surface area contributed by atoms with Gasteiger partial charge in [0.1, 0.15) is 0 Å². The van der Waals surface area contributed by atoms with Gasteiger partial charge >= 0.3 is 5.97 Å². The molecule has 0 spiro atoms. The lowest BCUT2D eigenvalue weighted by atomic mass is 9.96. The average molecular weight is 451 g/mol. The van der Waals surface area contributed by atoms with Crippen molar-refractivity contribution in [2.75, 3.05) is 13.7 Å². The fourth-order valence-electron chi connectivity index (χ4n) is 3.69. The van der Waals surface area contributed by atoms with Gasteiger partial charge in [-0.2, -0.15) is 0 Å². The van der Waals surface area contributed by atoms with Crippen molar-refractivity contribution in [3.05, 3.63) is 90.6 Å².